The van der Waals surface area contributed by atoms with Crippen molar-refractivity contribution in [2.75, 3.05) is 6.61 Å². The van der Waals surface area contributed by atoms with Crippen LogP contribution in [0, 0.1) is 0 Å². The number of aliphatic hydroxyl groups is 1. The van der Waals surface area contributed by atoms with E-state index in [1.54, 1.807) is 0 Å². The Morgan fingerprint density at radius 1 is 1.17 bits per heavy atom. The molecule has 2 aromatic carbocycles. The molecule has 1 unspecified atom stereocenters. The lowest BCUT2D eigenvalue weighted by molar-refractivity contribution is -0.139. The van der Waals surface area contributed by atoms with E-state index in [1.165, 1.54) is 18.2 Å². The molecule has 0 aromatic heterocycles. The predicted molar refractivity (Wildman–Crippen MR) is 84.6 cm³/mol. The molecule has 0 radical (unpaired) electrons. The van der Waals surface area contributed by atoms with Gasteiger partial charge >= 0.3 is 5.97 Å². The van der Waals surface area contributed by atoms with Gasteiger partial charge in [-0.2, -0.15) is 4.72 Å². The van der Waals surface area contributed by atoms with Crippen LogP contribution in [0.15, 0.2) is 47.4 Å². The highest BCUT2D eigenvalue weighted by molar-refractivity contribution is 7.89. The van der Waals surface area contributed by atoms with Gasteiger partial charge in [0.25, 0.3) is 0 Å². The van der Waals surface area contributed by atoms with Gasteiger partial charge in [-0.15, -0.1) is 0 Å². The summed E-state index contributed by atoms with van der Waals surface area (Å²) in [5, 5.41) is 17.9. The van der Waals surface area contributed by atoms with Gasteiger partial charge in [-0.25, -0.2) is 8.42 Å². The molecule has 2 aromatic rings. The summed E-state index contributed by atoms with van der Waals surface area (Å²) in [5.74, 6) is -0.161. The van der Waals surface area contributed by atoms with Crippen LogP contribution in [0.25, 0.3) is 0 Å². The van der Waals surface area contributed by atoms with Gasteiger partial charge in [-0.3, -0.25) is 4.79 Å². The van der Waals surface area contributed by atoms with Gasteiger partial charge in [0.1, 0.15) is 17.5 Å². The number of aliphatic carboxylic acids is 1. The van der Waals surface area contributed by atoms with E-state index in [1.807, 2.05) is 29.0 Å². The second-order valence-corrected chi connectivity index (χ2v) is 7.06. The van der Waals surface area contributed by atoms with Crippen LogP contribution in [-0.2, 0) is 21.2 Å². The first kappa shape index (κ1) is 16.4. The zero-order valence-corrected chi connectivity index (χ0v) is 13.3. The minimum atomic E-state index is -4.07. The van der Waals surface area contributed by atoms with Gasteiger partial charge in [0.2, 0.25) is 10.0 Å². The van der Waals surface area contributed by atoms with Crippen LogP contribution in [0.2, 0.25) is 0 Å². The third kappa shape index (κ3) is 3.12. The fourth-order valence-electron chi connectivity index (χ4n) is 2.45. The molecule has 0 amide bonds. The fraction of sp³-hybridized carbons (Fsp3) is 0.188. The third-order valence-corrected chi connectivity index (χ3v) is 5.16. The molecule has 7 nitrogen and oxygen atoms in total. The summed E-state index contributed by atoms with van der Waals surface area (Å²) in [6.45, 7) is -0.837. The quantitative estimate of drug-likeness (QED) is 0.636. The molecule has 0 bridgehead atoms. The molecule has 1 aliphatic rings. The molecule has 1 aliphatic heterocycles. The maximum absolute atomic E-state index is 12.3. The first-order valence-corrected chi connectivity index (χ1v) is 8.64. The molecule has 3 rings (SSSR count). The van der Waals surface area contributed by atoms with E-state index >= 15 is 0 Å². The van der Waals surface area contributed by atoms with Crippen molar-refractivity contribution in [1.82, 2.24) is 4.72 Å². The number of hydrogen-bond donors (Lipinski definition) is 3. The van der Waals surface area contributed by atoms with Crippen LogP contribution in [0.5, 0.6) is 11.5 Å². The SMILES string of the molecule is O=C(O)C(CO)NS(=O)(=O)c1ccc2c(c1)Cc1ccccc1O2. The number of carboxylic acid groups (broad SMARTS) is 1. The standard InChI is InChI=1S/C16H15NO6S/c18-9-13(16(19)20)17-24(21,22)12-5-6-15-11(8-12)7-10-3-1-2-4-14(10)23-15/h1-6,8,13,17-18H,7,9H2,(H,19,20). The molecule has 8 heteroatoms. The number of nitrogens with one attached hydrogen (secondary N) is 1. The maximum atomic E-state index is 12.3. The maximum Gasteiger partial charge on any atom is 0.324 e. The Kier molecular flexibility index (Phi) is 4.27. The van der Waals surface area contributed by atoms with Gasteiger partial charge in [0, 0.05) is 12.0 Å². The Labute approximate surface area is 138 Å². The first-order valence-electron chi connectivity index (χ1n) is 7.15. The number of ether oxygens (including phenoxy) is 1. The monoisotopic (exact) mass is 349 g/mol. The van der Waals surface area contributed by atoms with Crippen molar-refractivity contribution in [3.8, 4) is 11.5 Å². The lowest BCUT2D eigenvalue weighted by Gasteiger charge is -2.21. The van der Waals surface area contributed by atoms with Crippen molar-refractivity contribution < 1.29 is 28.2 Å². The van der Waals surface area contributed by atoms with Crippen LogP contribution in [0.1, 0.15) is 11.1 Å². The van der Waals surface area contributed by atoms with Gasteiger partial charge < -0.3 is 14.9 Å². The van der Waals surface area contributed by atoms with Crippen molar-refractivity contribution in [3.05, 3.63) is 53.6 Å². The minimum absolute atomic E-state index is 0.0797. The van der Waals surface area contributed by atoms with E-state index in [4.69, 9.17) is 14.9 Å². The Morgan fingerprint density at radius 3 is 2.58 bits per heavy atom. The Hall–Kier alpha value is -2.42. The summed E-state index contributed by atoms with van der Waals surface area (Å²) in [5.41, 5.74) is 1.62. The Morgan fingerprint density at radius 2 is 1.88 bits per heavy atom. The Bertz CT molecular complexity index is 893. The molecular formula is C16H15NO6S. The second kappa shape index (κ2) is 6.23. The molecule has 24 heavy (non-hydrogen) atoms. The summed E-state index contributed by atoms with van der Waals surface area (Å²) >= 11 is 0. The van der Waals surface area contributed by atoms with Gasteiger partial charge in [-0.05, 0) is 29.8 Å². The third-order valence-electron chi connectivity index (χ3n) is 3.69. The lowest BCUT2D eigenvalue weighted by atomic mass is 10.0. The Balaban J connectivity index is 1.91. The first-order chi connectivity index (χ1) is 11.4. The summed E-state index contributed by atoms with van der Waals surface area (Å²) in [6, 6.07) is 10.2. The fourth-order valence-corrected chi connectivity index (χ4v) is 3.69. The zero-order valence-electron chi connectivity index (χ0n) is 12.5. The van der Waals surface area contributed by atoms with E-state index in [0.717, 1.165) is 11.3 Å². The number of carbonyl (C=O) groups is 1. The molecule has 0 fully saturated rings. The van der Waals surface area contributed by atoms with E-state index in [0.29, 0.717) is 17.7 Å². The molecular weight excluding hydrogens is 334 g/mol. The average molecular weight is 349 g/mol. The normalized spacial score (nSPS) is 14.2. The highest BCUT2D eigenvalue weighted by Gasteiger charge is 2.26. The van der Waals surface area contributed by atoms with E-state index < -0.39 is 28.6 Å². The molecule has 0 saturated carbocycles. The summed E-state index contributed by atoms with van der Waals surface area (Å²) in [4.78, 5) is 10.8. The largest absolute Gasteiger partial charge is 0.480 e. The number of para-hydroxylation sites is 1. The van der Waals surface area contributed by atoms with Gasteiger partial charge in [-0.1, -0.05) is 18.2 Å². The van der Waals surface area contributed by atoms with Crippen molar-refractivity contribution >= 4 is 16.0 Å². The number of hydrogen-bond acceptors (Lipinski definition) is 5. The molecule has 3 N–H and O–H groups in total. The summed E-state index contributed by atoms with van der Waals surface area (Å²) in [7, 11) is -4.07. The van der Waals surface area contributed by atoms with E-state index in [-0.39, 0.29) is 4.90 Å². The van der Waals surface area contributed by atoms with Crippen LogP contribution in [0.3, 0.4) is 0 Å². The van der Waals surface area contributed by atoms with Gasteiger partial charge in [0.05, 0.1) is 11.5 Å². The predicted octanol–water partition coefficient (Wildman–Crippen LogP) is 1.11. The molecule has 1 atom stereocenters. The second-order valence-electron chi connectivity index (χ2n) is 5.35. The molecule has 0 saturated heterocycles. The zero-order chi connectivity index (χ0) is 17.3. The summed E-state index contributed by atoms with van der Waals surface area (Å²) < 4.78 is 32.3. The minimum Gasteiger partial charge on any atom is -0.480 e. The lowest BCUT2D eigenvalue weighted by Crippen LogP contribution is -2.43. The van der Waals surface area contributed by atoms with Crippen molar-refractivity contribution in [2.45, 2.75) is 17.4 Å². The number of carboxylic acids is 1. The van der Waals surface area contributed by atoms with Crippen LogP contribution < -0.4 is 9.46 Å². The highest BCUT2D eigenvalue weighted by atomic mass is 32.2. The van der Waals surface area contributed by atoms with Crippen molar-refractivity contribution in [2.24, 2.45) is 0 Å². The highest BCUT2D eigenvalue weighted by Crippen LogP contribution is 2.37. The topological polar surface area (TPSA) is 113 Å². The molecule has 0 spiro atoms. The van der Waals surface area contributed by atoms with E-state index in [9.17, 15) is 13.2 Å². The van der Waals surface area contributed by atoms with E-state index in [2.05, 4.69) is 0 Å². The molecule has 1 heterocycles. The number of sulfonamides is 1. The van der Waals surface area contributed by atoms with Crippen LogP contribution >= 0.6 is 0 Å². The molecule has 126 valence electrons. The molecule has 0 aliphatic carbocycles. The average Bonchev–Trinajstić information content (AvgIpc) is 2.57. The summed E-state index contributed by atoms with van der Waals surface area (Å²) in [6.07, 6.45) is 0.511. The smallest absolute Gasteiger partial charge is 0.324 e. The number of benzene rings is 2. The van der Waals surface area contributed by atoms with Crippen molar-refractivity contribution in [3.63, 3.8) is 0 Å². The van der Waals surface area contributed by atoms with Crippen LogP contribution in [-0.4, -0.2) is 37.2 Å². The van der Waals surface area contributed by atoms with Crippen molar-refractivity contribution in [1.29, 1.82) is 0 Å². The number of fused-ring (bicyclic) bond motifs is 2. The number of aliphatic hydroxyl groups excluding tert-OH is 1. The van der Waals surface area contributed by atoms with Gasteiger partial charge in [0.15, 0.2) is 0 Å². The number of rotatable bonds is 5. The van der Waals surface area contributed by atoms with Crippen LogP contribution in [0.4, 0.5) is 0 Å².